The van der Waals surface area contributed by atoms with Gasteiger partial charge in [-0.3, -0.25) is 4.57 Å². The van der Waals surface area contributed by atoms with Crippen LogP contribution in [0.3, 0.4) is 0 Å². The minimum atomic E-state index is 0.117. The van der Waals surface area contributed by atoms with Gasteiger partial charge in [0, 0.05) is 11.1 Å². The number of hydrogen-bond acceptors (Lipinski definition) is 3. The number of benzene rings is 1. The summed E-state index contributed by atoms with van der Waals surface area (Å²) in [5.41, 5.74) is 2.33. The summed E-state index contributed by atoms with van der Waals surface area (Å²) < 4.78 is 6.87. The van der Waals surface area contributed by atoms with Crippen LogP contribution >= 0.6 is 0 Å². The van der Waals surface area contributed by atoms with Crippen LogP contribution < -0.4 is 4.74 Å². The molecule has 0 bridgehead atoms. The van der Waals surface area contributed by atoms with Gasteiger partial charge in [-0.2, -0.15) is 0 Å². The van der Waals surface area contributed by atoms with E-state index in [1.807, 2.05) is 43.3 Å². The summed E-state index contributed by atoms with van der Waals surface area (Å²) in [5, 5.41) is 20.6. The Morgan fingerprint density at radius 3 is 2.05 bits per heavy atom. The van der Waals surface area contributed by atoms with Crippen LogP contribution in [0.2, 0.25) is 0 Å². The lowest BCUT2D eigenvalue weighted by atomic mass is 10.0. The Morgan fingerprint density at radius 2 is 1.55 bits per heavy atom. The summed E-state index contributed by atoms with van der Waals surface area (Å²) in [7, 11) is 0. The van der Waals surface area contributed by atoms with E-state index in [1.54, 1.807) is 0 Å². The maximum Gasteiger partial charge on any atom is 0.202 e. The monoisotopic (exact) mass is 271 g/mol. The van der Waals surface area contributed by atoms with E-state index in [9.17, 15) is 10.2 Å². The molecule has 1 aromatic heterocycles. The van der Waals surface area contributed by atoms with Crippen molar-refractivity contribution in [1.29, 1.82) is 0 Å². The van der Waals surface area contributed by atoms with E-state index in [4.69, 9.17) is 4.74 Å². The van der Waals surface area contributed by atoms with Crippen LogP contribution in [0.5, 0.6) is 17.5 Å². The van der Waals surface area contributed by atoms with E-state index in [1.165, 1.54) is 4.57 Å². The number of rotatable bonds is 3. The molecule has 4 nitrogen and oxygen atoms in total. The molecule has 2 aromatic rings. The zero-order valence-corrected chi connectivity index (χ0v) is 11.3. The van der Waals surface area contributed by atoms with Crippen molar-refractivity contribution in [3.8, 4) is 23.2 Å². The van der Waals surface area contributed by atoms with Crippen molar-refractivity contribution in [1.82, 2.24) is 4.57 Å². The van der Waals surface area contributed by atoms with Crippen LogP contribution in [-0.2, 0) is 12.8 Å². The van der Waals surface area contributed by atoms with Crippen LogP contribution in [0.15, 0.2) is 36.4 Å². The van der Waals surface area contributed by atoms with Gasteiger partial charge in [-0.1, -0.05) is 12.2 Å². The van der Waals surface area contributed by atoms with Gasteiger partial charge in [-0.05, 0) is 44.0 Å². The van der Waals surface area contributed by atoms with Gasteiger partial charge < -0.3 is 14.9 Å². The Hall–Kier alpha value is -2.36. The second-order valence-electron chi connectivity index (χ2n) is 4.75. The molecule has 1 aliphatic rings. The molecule has 0 fully saturated rings. The molecule has 0 saturated carbocycles. The summed E-state index contributed by atoms with van der Waals surface area (Å²) in [5.74, 6) is 1.01. The van der Waals surface area contributed by atoms with Crippen molar-refractivity contribution >= 4 is 0 Å². The molecule has 0 aliphatic heterocycles. The average molecular weight is 271 g/mol. The Morgan fingerprint density at radius 1 is 1.00 bits per heavy atom. The molecule has 0 atom stereocenters. The molecule has 4 heteroatoms. The van der Waals surface area contributed by atoms with Crippen LogP contribution in [-0.4, -0.2) is 21.4 Å². The molecule has 3 rings (SSSR count). The Bertz CT molecular complexity index is 622. The summed E-state index contributed by atoms with van der Waals surface area (Å²) >= 11 is 0. The van der Waals surface area contributed by atoms with Gasteiger partial charge in [0.05, 0.1) is 12.3 Å². The first kappa shape index (κ1) is 12.7. The van der Waals surface area contributed by atoms with Crippen LogP contribution in [0.4, 0.5) is 0 Å². The third-order valence-electron chi connectivity index (χ3n) is 3.54. The van der Waals surface area contributed by atoms with Crippen LogP contribution in [0, 0.1) is 0 Å². The van der Waals surface area contributed by atoms with Gasteiger partial charge in [-0.25, -0.2) is 0 Å². The molecular weight excluding hydrogens is 254 g/mol. The predicted octanol–water partition coefficient (Wildman–Crippen LogP) is 2.94. The number of aromatic nitrogens is 1. The smallest absolute Gasteiger partial charge is 0.202 e. The number of ether oxygens (including phenoxy) is 1. The molecule has 1 aromatic carbocycles. The van der Waals surface area contributed by atoms with Gasteiger partial charge >= 0.3 is 0 Å². The molecule has 0 spiro atoms. The lowest BCUT2D eigenvalue weighted by molar-refractivity contribution is 0.340. The molecule has 20 heavy (non-hydrogen) atoms. The quantitative estimate of drug-likeness (QED) is 0.844. The third-order valence-corrected chi connectivity index (χ3v) is 3.54. The van der Waals surface area contributed by atoms with Gasteiger partial charge in [0.1, 0.15) is 5.75 Å². The highest BCUT2D eigenvalue weighted by molar-refractivity contribution is 5.55. The first-order valence-corrected chi connectivity index (χ1v) is 6.75. The largest absolute Gasteiger partial charge is 0.494 e. The van der Waals surface area contributed by atoms with Crippen molar-refractivity contribution in [2.24, 2.45) is 0 Å². The predicted molar refractivity (Wildman–Crippen MR) is 76.8 cm³/mol. The van der Waals surface area contributed by atoms with E-state index >= 15 is 0 Å². The van der Waals surface area contributed by atoms with E-state index in [-0.39, 0.29) is 11.8 Å². The number of fused-ring (bicyclic) bond motifs is 1. The molecule has 0 amide bonds. The topological polar surface area (TPSA) is 54.6 Å². The fourth-order valence-electron chi connectivity index (χ4n) is 2.57. The van der Waals surface area contributed by atoms with Gasteiger partial charge in [0.25, 0.3) is 0 Å². The minimum Gasteiger partial charge on any atom is -0.494 e. The summed E-state index contributed by atoms with van der Waals surface area (Å²) in [6, 6.07) is 7.30. The summed E-state index contributed by atoms with van der Waals surface area (Å²) in [6.45, 7) is 2.54. The standard InChI is InChI=1S/C16H17NO3/c1-2-20-12-9-7-11(8-10-12)17-15(18)13-5-3-4-6-14(13)16(17)19/h3-4,7-10,18-19H,2,5-6H2,1H3. The maximum absolute atomic E-state index is 10.3. The highest BCUT2D eigenvalue weighted by atomic mass is 16.5. The van der Waals surface area contributed by atoms with E-state index in [2.05, 4.69) is 0 Å². The second-order valence-corrected chi connectivity index (χ2v) is 4.75. The van der Waals surface area contributed by atoms with Crippen molar-refractivity contribution in [2.75, 3.05) is 6.61 Å². The van der Waals surface area contributed by atoms with Gasteiger partial charge in [0.15, 0.2) is 0 Å². The zero-order chi connectivity index (χ0) is 14.1. The van der Waals surface area contributed by atoms with Crippen molar-refractivity contribution in [3.05, 3.63) is 47.5 Å². The molecule has 1 heterocycles. The SMILES string of the molecule is CCOc1ccc(-n2c(O)c3c(c2O)CC=CC3)cc1. The Balaban J connectivity index is 2.04. The molecular formula is C16H17NO3. The maximum atomic E-state index is 10.3. The Kier molecular flexibility index (Phi) is 3.14. The molecule has 104 valence electrons. The number of allylic oxidation sites excluding steroid dienone is 2. The highest BCUT2D eigenvalue weighted by Gasteiger charge is 2.23. The molecule has 0 radical (unpaired) electrons. The van der Waals surface area contributed by atoms with Crippen LogP contribution in [0.1, 0.15) is 18.1 Å². The van der Waals surface area contributed by atoms with Crippen molar-refractivity contribution in [3.63, 3.8) is 0 Å². The first-order valence-electron chi connectivity index (χ1n) is 6.75. The molecule has 0 saturated heterocycles. The van der Waals surface area contributed by atoms with E-state index < -0.39 is 0 Å². The number of hydrogen-bond donors (Lipinski definition) is 2. The minimum absolute atomic E-state index is 0.117. The average Bonchev–Trinajstić information content (AvgIpc) is 2.73. The van der Waals surface area contributed by atoms with Crippen molar-refractivity contribution in [2.45, 2.75) is 19.8 Å². The van der Waals surface area contributed by atoms with Gasteiger partial charge in [-0.15, -0.1) is 0 Å². The fraction of sp³-hybridized carbons (Fsp3) is 0.250. The number of aromatic hydroxyl groups is 2. The van der Waals surface area contributed by atoms with E-state index in [0.717, 1.165) is 22.6 Å². The molecule has 2 N–H and O–H groups in total. The normalized spacial score (nSPS) is 13.2. The van der Waals surface area contributed by atoms with E-state index in [0.29, 0.717) is 19.4 Å². The highest BCUT2D eigenvalue weighted by Crippen LogP contribution is 2.39. The van der Waals surface area contributed by atoms with Crippen molar-refractivity contribution < 1.29 is 14.9 Å². The third kappa shape index (κ3) is 1.93. The first-order chi connectivity index (χ1) is 9.72. The lowest BCUT2D eigenvalue weighted by Gasteiger charge is -2.08. The fourth-order valence-corrected chi connectivity index (χ4v) is 2.57. The molecule has 1 aliphatic carbocycles. The summed E-state index contributed by atoms with van der Waals surface area (Å²) in [6.07, 6.45) is 5.31. The molecule has 0 unspecified atom stereocenters. The van der Waals surface area contributed by atoms with Gasteiger partial charge in [0.2, 0.25) is 11.8 Å². The Labute approximate surface area is 117 Å². The summed E-state index contributed by atoms with van der Waals surface area (Å²) in [4.78, 5) is 0. The van der Waals surface area contributed by atoms with Crippen LogP contribution in [0.25, 0.3) is 5.69 Å². The number of nitrogens with zero attached hydrogens (tertiary/aromatic N) is 1. The lowest BCUT2D eigenvalue weighted by Crippen LogP contribution is -1.95. The zero-order valence-electron chi connectivity index (χ0n) is 11.3. The second kappa shape index (κ2) is 4.96.